The van der Waals surface area contributed by atoms with Crippen molar-refractivity contribution >= 4 is 35.8 Å². The van der Waals surface area contributed by atoms with E-state index >= 15 is 0 Å². The van der Waals surface area contributed by atoms with E-state index in [0.29, 0.717) is 12.1 Å². The third kappa shape index (κ3) is 7.95. The normalized spacial score (nSPS) is 14.7. The molecule has 0 aliphatic heterocycles. The van der Waals surface area contributed by atoms with Crippen LogP contribution in [0.1, 0.15) is 48.5 Å². The van der Waals surface area contributed by atoms with Crippen molar-refractivity contribution in [3.05, 3.63) is 35.4 Å². The molecule has 0 unspecified atom stereocenters. The van der Waals surface area contributed by atoms with Gasteiger partial charge in [-0.15, -0.1) is 24.0 Å². The molecule has 0 saturated heterocycles. The number of hydrogen-bond acceptors (Lipinski definition) is 3. The van der Waals surface area contributed by atoms with Gasteiger partial charge in [-0.25, -0.2) is 4.99 Å². The average Bonchev–Trinajstić information content (AvgIpc) is 3.20. The topological polar surface area (TPSA) is 60.0 Å². The fraction of sp³-hybridized carbons (Fsp3) is 0.619. The van der Waals surface area contributed by atoms with Crippen molar-refractivity contribution in [1.29, 1.82) is 0 Å². The van der Waals surface area contributed by atoms with Gasteiger partial charge < -0.3 is 20.4 Å². The van der Waals surface area contributed by atoms with E-state index in [-0.39, 0.29) is 29.9 Å². The van der Waals surface area contributed by atoms with E-state index in [0.717, 1.165) is 37.2 Å². The Morgan fingerprint density at radius 3 is 2.32 bits per heavy atom. The van der Waals surface area contributed by atoms with E-state index in [9.17, 15) is 4.79 Å². The van der Waals surface area contributed by atoms with Crippen LogP contribution in [0.15, 0.2) is 29.3 Å². The Morgan fingerprint density at radius 2 is 1.75 bits per heavy atom. The molecule has 1 saturated carbocycles. The third-order valence-corrected chi connectivity index (χ3v) is 5.08. The number of nitrogens with zero attached hydrogens (tertiary/aromatic N) is 3. The molecule has 1 amide bonds. The predicted molar refractivity (Wildman–Crippen MR) is 128 cm³/mol. The van der Waals surface area contributed by atoms with E-state index in [1.807, 2.05) is 24.3 Å². The maximum atomic E-state index is 11.9. The first-order valence-electron chi connectivity index (χ1n) is 10.0. The number of carbonyl (C=O) groups is 1. The first-order valence-corrected chi connectivity index (χ1v) is 10.0. The number of guanidine groups is 1. The maximum absolute atomic E-state index is 11.9. The fourth-order valence-electron chi connectivity index (χ4n) is 3.40. The van der Waals surface area contributed by atoms with Crippen LogP contribution < -0.4 is 10.6 Å². The summed E-state index contributed by atoms with van der Waals surface area (Å²) in [7, 11) is 5.75. The number of carbonyl (C=O) groups excluding carboxylic acids is 1. The minimum absolute atomic E-state index is 0. The summed E-state index contributed by atoms with van der Waals surface area (Å²) in [5.74, 6) is 0.859. The molecule has 0 aromatic heterocycles. The quantitative estimate of drug-likeness (QED) is 0.327. The van der Waals surface area contributed by atoms with Gasteiger partial charge in [0.2, 0.25) is 0 Å². The summed E-state index contributed by atoms with van der Waals surface area (Å²) >= 11 is 0. The number of nitrogens with one attached hydrogen (secondary N) is 2. The van der Waals surface area contributed by atoms with Crippen LogP contribution in [-0.2, 0) is 6.54 Å². The van der Waals surface area contributed by atoms with Crippen molar-refractivity contribution in [3.8, 4) is 0 Å². The summed E-state index contributed by atoms with van der Waals surface area (Å²) in [6, 6.07) is 8.42. The molecule has 158 valence electrons. The largest absolute Gasteiger partial charge is 0.357 e. The minimum atomic E-state index is 0. The monoisotopic (exact) mass is 501 g/mol. The Bertz CT molecular complexity index is 612. The number of hydrogen-bond donors (Lipinski definition) is 2. The Hall–Kier alpha value is -1.35. The molecule has 0 spiro atoms. The van der Waals surface area contributed by atoms with Crippen molar-refractivity contribution in [2.45, 2.75) is 45.2 Å². The highest BCUT2D eigenvalue weighted by Gasteiger charge is 2.18. The molecule has 7 heteroatoms. The highest BCUT2D eigenvalue weighted by Crippen LogP contribution is 2.21. The predicted octanol–water partition coefficient (Wildman–Crippen LogP) is 2.94. The molecule has 28 heavy (non-hydrogen) atoms. The van der Waals surface area contributed by atoms with Gasteiger partial charge in [-0.1, -0.05) is 25.0 Å². The van der Waals surface area contributed by atoms with Gasteiger partial charge in [0.1, 0.15) is 0 Å². The first kappa shape index (κ1) is 24.7. The van der Waals surface area contributed by atoms with E-state index in [1.165, 1.54) is 25.7 Å². The number of aliphatic imine (C=N–C) groups is 1. The Labute approximate surface area is 187 Å². The maximum Gasteiger partial charge on any atom is 0.253 e. The lowest BCUT2D eigenvalue weighted by Gasteiger charge is -2.24. The van der Waals surface area contributed by atoms with Crippen molar-refractivity contribution < 1.29 is 4.79 Å². The van der Waals surface area contributed by atoms with Gasteiger partial charge in [-0.3, -0.25) is 4.79 Å². The zero-order chi connectivity index (χ0) is 19.6. The summed E-state index contributed by atoms with van der Waals surface area (Å²) < 4.78 is 0. The summed E-state index contributed by atoms with van der Waals surface area (Å²) in [6.45, 7) is 5.40. The van der Waals surface area contributed by atoms with E-state index in [4.69, 9.17) is 0 Å². The Balaban J connectivity index is 0.00000392. The van der Waals surface area contributed by atoms with Crippen molar-refractivity contribution in [3.63, 3.8) is 0 Å². The van der Waals surface area contributed by atoms with Crippen molar-refractivity contribution in [2.75, 3.05) is 40.8 Å². The van der Waals surface area contributed by atoms with Crippen molar-refractivity contribution in [1.82, 2.24) is 20.4 Å². The molecule has 1 aromatic rings. The van der Waals surface area contributed by atoms with Gasteiger partial charge in [0, 0.05) is 45.3 Å². The molecule has 6 nitrogen and oxygen atoms in total. The molecule has 1 aliphatic carbocycles. The highest BCUT2D eigenvalue weighted by atomic mass is 127. The SMILES string of the molecule is CCNC(=NCc1ccc(C(=O)N(C)C)cc1)NCCN(C)C1CCCC1.I. The van der Waals surface area contributed by atoms with Crippen LogP contribution in [0.25, 0.3) is 0 Å². The molecule has 0 radical (unpaired) electrons. The van der Waals surface area contributed by atoms with Crippen LogP contribution in [0, 0.1) is 0 Å². The van der Waals surface area contributed by atoms with Gasteiger partial charge >= 0.3 is 0 Å². The summed E-state index contributed by atoms with van der Waals surface area (Å²) in [6.07, 6.45) is 5.39. The molecule has 0 bridgehead atoms. The summed E-state index contributed by atoms with van der Waals surface area (Å²) in [4.78, 5) is 20.7. The van der Waals surface area contributed by atoms with E-state index in [1.54, 1.807) is 19.0 Å². The first-order chi connectivity index (χ1) is 13.0. The molecule has 1 aromatic carbocycles. The molecular formula is C21H36IN5O. The molecule has 2 rings (SSSR count). The van der Waals surface area contributed by atoms with E-state index in [2.05, 4.69) is 34.5 Å². The number of likely N-dealkylation sites (N-methyl/N-ethyl adjacent to an activating group) is 1. The van der Waals surface area contributed by atoms with Crippen LogP contribution in [0.4, 0.5) is 0 Å². The lowest BCUT2D eigenvalue weighted by Crippen LogP contribution is -2.42. The summed E-state index contributed by atoms with van der Waals surface area (Å²) in [5.41, 5.74) is 1.79. The van der Waals surface area contributed by atoms with E-state index < -0.39 is 0 Å². The van der Waals surface area contributed by atoms with Gasteiger partial charge in [0.25, 0.3) is 5.91 Å². The third-order valence-electron chi connectivity index (χ3n) is 5.08. The number of benzene rings is 1. The Kier molecular flexibility index (Phi) is 11.4. The molecular weight excluding hydrogens is 465 g/mol. The number of halogens is 1. The lowest BCUT2D eigenvalue weighted by molar-refractivity contribution is 0.0827. The molecule has 2 N–H and O–H groups in total. The molecule has 1 fully saturated rings. The van der Waals surface area contributed by atoms with Gasteiger partial charge in [0.15, 0.2) is 5.96 Å². The second-order valence-corrected chi connectivity index (χ2v) is 7.44. The standard InChI is InChI=1S/C21H35N5O.HI/c1-5-22-21(23-14-15-26(4)19-8-6-7-9-19)24-16-17-10-12-18(13-11-17)20(27)25(2)3;/h10-13,19H,5-9,14-16H2,1-4H3,(H2,22,23,24);1H. The molecule has 1 aliphatic rings. The zero-order valence-corrected chi connectivity index (χ0v) is 20.0. The van der Waals surface area contributed by atoms with Crippen LogP contribution in [0.3, 0.4) is 0 Å². The molecule has 0 heterocycles. The lowest BCUT2D eigenvalue weighted by atomic mass is 10.1. The van der Waals surface area contributed by atoms with Crippen LogP contribution in [0.2, 0.25) is 0 Å². The fourth-order valence-corrected chi connectivity index (χ4v) is 3.40. The highest BCUT2D eigenvalue weighted by molar-refractivity contribution is 14.0. The average molecular weight is 501 g/mol. The second kappa shape index (κ2) is 13.0. The van der Waals surface area contributed by atoms with Gasteiger partial charge in [-0.05, 0) is 44.5 Å². The molecule has 0 atom stereocenters. The summed E-state index contributed by atoms with van der Waals surface area (Å²) in [5, 5.41) is 6.73. The number of rotatable bonds is 8. The van der Waals surface area contributed by atoms with Gasteiger partial charge in [0.05, 0.1) is 6.54 Å². The van der Waals surface area contributed by atoms with Crippen LogP contribution in [-0.4, -0.2) is 68.5 Å². The van der Waals surface area contributed by atoms with Crippen LogP contribution >= 0.6 is 24.0 Å². The number of amides is 1. The smallest absolute Gasteiger partial charge is 0.253 e. The van der Waals surface area contributed by atoms with Crippen molar-refractivity contribution in [2.24, 2.45) is 4.99 Å². The minimum Gasteiger partial charge on any atom is -0.357 e. The van der Waals surface area contributed by atoms with Crippen LogP contribution in [0.5, 0.6) is 0 Å². The second-order valence-electron chi connectivity index (χ2n) is 7.44. The zero-order valence-electron chi connectivity index (χ0n) is 17.7. The Morgan fingerprint density at radius 1 is 1.11 bits per heavy atom. The van der Waals surface area contributed by atoms with Gasteiger partial charge in [-0.2, -0.15) is 0 Å².